The van der Waals surface area contributed by atoms with Gasteiger partial charge in [-0.25, -0.2) is 4.98 Å². The predicted molar refractivity (Wildman–Crippen MR) is 98.8 cm³/mol. The molecule has 1 heterocycles. The minimum absolute atomic E-state index is 0.0803. The van der Waals surface area contributed by atoms with Gasteiger partial charge in [0.2, 0.25) is 0 Å². The van der Waals surface area contributed by atoms with E-state index in [1.165, 1.54) is 5.56 Å². The van der Waals surface area contributed by atoms with Crippen LogP contribution in [0.25, 0.3) is 11.0 Å². The van der Waals surface area contributed by atoms with E-state index >= 15 is 0 Å². The molecule has 1 aromatic heterocycles. The molecule has 0 aliphatic carbocycles. The number of benzene rings is 2. The Morgan fingerprint density at radius 1 is 1.16 bits per heavy atom. The number of aromatic nitrogens is 2. The van der Waals surface area contributed by atoms with Crippen LogP contribution >= 0.6 is 0 Å². The largest absolute Gasteiger partial charge is 0.328 e. The Morgan fingerprint density at radius 2 is 1.92 bits per heavy atom. The molecule has 0 amide bonds. The molecule has 0 aliphatic rings. The Bertz CT molecular complexity index is 872. The molecular weight excluding hydrogens is 316 g/mol. The molecule has 0 bridgehead atoms. The van der Waals surface area contributed by atoms with Gasteiger partial charge in [-0.05, 0) is 38.7 Å². The summed E-state index contributed by atoms with van der Waals surface area (Å²) in [6.45, 7) is 1.83. The van der Waals surface area contributed by atoms with Crippen molar-refractivity contribution in [3.8, 4) is 0 Å². The van der Waals surface area contributed by atoms with Crippen molar-refractivity contribution in [2.75, 3.05) is 20.6 Å². The number of imidazole rings is 1. The first-order valence-electron chi connectivity index (χ1n) is 8.37. The van der Waals surface area contributed by atoms with E-state index in [-0.39, 0.29) is 10.6 Å². The van der Waals surface area contributed by atoms with Gasteiger partial charge in [0.05, 0.1) is 16.0 Å². The molecular formula is C19H22N4O2. The lowest BCUT2D eigenvalue weighted by Gasteiger charge is -2.12. The van der Waals surface area contributed by atoms with E-state index in [1.807, 2.05) is 24.3 Å². The van der Waals surface area contributed by atoms with Crippen LogP contribution in [-0.4, -0.2) is 40.0 Å². The Labute approximate surface area is 146 Å². The highest BCUT2D eigenvalue weighted by atomic mass is 16.6. The van der Waals surface area contributed by atoms with Gasteiger partial charge in [-0.1, -0.05) is 30.3 Å². The van der Waals surface area contributed by atoms with E-state index in [0.29, 0.717) is 11.9 Å². The normalized spacial score (nSPS) is 11.3. The lowest BCUT2D eigenvalue weighted by atomic mass is 10.1. The van der Waals surface area contributed by atoms with Gasteiger partial charge in [0.15, 0.2) is 0 Å². The smallest absolute Gasteiger partial charge is 0.271 e. The fraction of sp³-hybridized carbons (Fsp3) is 0.316. The van der Waals surface area contributed by atoms with Crippen molar-refractivity contribution in [3.05, 3.63) is 70.0 Å². The van der Waals surface area contributed by atoms with Gasteiger partial charge in [0, 0.05) is 25.1 Å². The summed E-state index contributed by atoms with van der Waals surface area (Å²) in [6, 6.07) is 15.1. The maximum absolute atomic E-state index is 11.0. The average molecular weight is 338 g/mol. The molecule has 0 N–H and O–H groups in total. The molecule has 6 heteroatoms. The second-order valence-electron chi connectivity index (χ2n) is 6.43. The van der Waals surface area contributed by atoms with Gasteiger partial charge in [-0.2, -0.15) is 0 Å². The average Bonchev–Trinajstić information content (AvgIpc) is 2.92. The van der Waals surface area contributed by atoms with Gasteiger partial charge in [-0.3, -0.25) is 10.1 Å². The zero-order valence-corrected chi connectivity index (χ0v) is 14.6. The summed E-state index contributed by atoms with van der Waals surface area (Å²) in [6.07, 6.45) is 1.71. The van der Waals surface area contributed by atoms with Gasteiger partial charge in [0.25, 0.3) is 5.69 Å². The SMILES string of the molecule is CN(C)CCCn1c(Cc2ccccc2)nc2cc([N+](=O)[O-])ccc21. The van der Waals surface area contributed by atoms with Crippen LogP contribution in [0, 0.1) is 10.1 Å². The number of non-ortho nitro benzene ring substituents is 1. The molecule has 0 fully saturated rings. The molecule has 0 saturated carbocycles. The summed E-state index contributed by atoms with van der Waals surface area (Å²) < 4.78 is 2.19. The first-order valence-corrected chi connectivity index (χ1v) is 8.37. The molecule has 6 nitrogen and oxygen atoms in total. The summed E-state index contributed by atoms with van der Waals surface area (Å²) in [5, 5.41) is 11.0. The second-order valence-corrected chi connectivity index (χ2v) is 6.43. The van der Waals surface area contributed by atoms with Crippen LogP contribution in [0.2, 0.25) is 0 Å². The van der Waals surface area contributed by atoms with Crippen LogP contribution in [0.1, 0.15) is 17.8 Å². The zero-order chi connectivity index (χ0) is 17.8. The van der Waals surface area contributed by atoms with Crippen LogP contribution < -0.4 is 0 Å². The Kier molecular flexibility index (Phi) is 5.09. The van der Waals surface area contributed by atoms with Crippen molar-refractivity contribution >= 4 is 16.7 Å². The molecule has 0 unspecified atom stereocenters. The first kappa shape index (κ1) is 17.1. The summed E-state index contributed by atoms with van der Waals surface area (Å²) in [5.41, 5.74) is 2.90. The van der Waals surface area contributed by atoms with E-state index < -0.39 is 0 Å². The van der Waals surface area contributed by atoms with Crippen LogP contribution in [0.5, 0.6) is 0 Å². The van der Waals surface area contributed by atoms with Crippen molar-refractivity contribution in [1.82, 2.24) is 14.5 Å². The minimum atomic E-state index is -0.374. The molecule has 0 aliphatic heterocycles. The number of nitro groups is 1. The maximum atomic E-state index is 11.0. The Morgan fingerprint density at radius 3 is 2.60 bits per heavy atom. The lowest BCUT2D eigenvalue weighted by Crippen LogP contribution is -2.16. The van der Waals surface area contributed by atoms with E-state index in [9.17, 15) is 10.1 Å². The molecule has 25 heavy (non-hydrogen) atoms. The molecule has 3 aromatic rings. The fourth-order valence-corrected chi connectivity index (χ4v) is 2.99. The highest BCUT2D eigenvalue weighted by Gasteiger charge is 2.15. The third-order valence-corrected chi connectivity index (χ3v) is 4.21. The number of aryl methyl sites for hydroxylation is 1. The quantitative estimate of drug-likeness (QED) is 0.489. The van der Waals surface area contributed by atoms with Gasteiger partial charge < -0.3 is 9.47 Å². The van der Waals surface area contributed by atoms with Crippen LogP contribution in [0.4, 0.5) is 5.69 Å². The fourth-order valence-electron chi connectivity index (χ4n) is 2.99. The van der Waals surface area contributed by atoms with Crippen molar-refractivity contribution in [3.63, 3.8) is 0 Å². The summed E-state index contributed by atoms with van der Waals surface area (Å²) >= 11 is 0. The standard InChI is InChI=1S/C19H22N4O2/c1-21(2)11-6-12-22-18-10-9-16(23(24)25)14-17(18)20-19(22)13-15-7-4-3-5-8-15/h3-5,7-10,14H,6,11-13H2,1-2H3. The molecule has 2 aromatic carbocycles. The summed E-state index contributed by atoms with van der Waals surface area (Å²) in [4.78, 5) is 17.5. The number of hydrogen-bond donors (Lipinski definition) is 0. The predicted octanol–water partition coefficient (Wildman–Crippen LogP) is 3.49. The summed E-state index contributed by atoms with van der Waals surface area (Å²) in [5.74, 6) is 0.945. The molecule has 3 rings (SSSR count). The number of fused-ring (bicyclic) bond motifs is 1. The van der Waals surface area contributed by atoms with E-state index in [2.05, 4.69) is 35.7 Å². The van der Waals surface area contributed by atoms with E-state index in [1.54, 1.807) is 12.1 Å². The van der Waals surface area contributed by atoms with Crippen LogP contribution in [-0.2, 0) is 13.0 Å². The zero-order valence-electron chi connectivity index (χ0n) is 14.6. The third kappa shape index (κ3) is 4.03. The number of hydrogen-bond acceptors (Lipinski definition) is 4. The van der Waals surface area contributed by atoms with E-state index in [4.69, 9.17) is 4.98 Å². The minimum Gasteiger partial charge on any atom is -0.328 e. The Hall–Kier alpha value is -2.73. The molecule has 0 saturated heterocycles. The van der Waals surface area contributed by atoms with Gasteiger partial charge in [0.1, 0.15) is 5.82 Å². The highest BCUT2D eigenvalue weighted by molar-refractivity contribution is 5.78. The molecule has 0 radical (unpaired) electrons. The highest BCUT2D eigenvalue weighted by Crippen LogP contribution is 2.23. The van der Waals surface area contributed by atoms with Crippen LogP contribution in [0.3, 0.4) is 0 Å². The topological polar surface area (TPSA) is 64.2 Å². The van der Waals surface area contributed by atoms with Crippen molar-refractivity contribution < 1.29 is 4.92 Å². The van der Waals surface area contributed by atoms with Crippen molar-refractivity contribution in [2.24, 2.45) is 0 Å². The van der Waals surface area contributed by atoms with Gasteiger partial charge in [-0.15, -0.1) is 0 Å². The number of rotatable bonds is 7. The molecule has 0 atom stereocenters. The molecule has 130 valence electrons. The lowest BCUT2D eigenvalue weighted by molar-refractivity contribution is -0.384. The van der Waals surface area contributed by atoms with Crippen LogP contribution in [0.15, 0.2) is 48.5 Å². The van der Waals surface area contributed by atoms with Gasteiger partial charge >= 0.3 is 0 Å². The second kappa shape index (κ2) is 7.44. The third-order valence-electron chi connectivity index (χ3n) is 4.21. The maximum Gasteiger partial charge on any atom is 0.271 e. The van der Waals surface area contributed by atoms with Crippen molar-refractivity contribution in [1.29, 1.82) is 0 Å². The number of nitrogens with zero attached hydrogens (tertiary/aromatic N) is 4. The molecule has 0 spiro atoms. The summed E-state index contributed by atoms with van der Waals surface area (Å²) in [7, 11) is 4.11. The monoisotopic (exact) mass is 338 g/mol. The van der Waals surface area contributed by atoms with E-state index in [0.717, 1.165) is 30.9 Å². The Balaban J connectivity index is 1.98. The first-order chi connectivity index (χ1) is 12.0. The number of nitro benzene ring substituents is 1. The van der Waals surface area contributed by atoms with Crippen molar-refractivity contribution in [2.45, 2.75) is 19.4 Å².